The minimum absolute atomic E-state index is 0.0937. The molecule has 2 aromatic carbocycles. The molecule has 1 aromatic heterocycles. The Morgan fingerprint density at radius 3 is 2.48 bits per heavy atom. The molecule has 7 heteroatoms. The largest absolute Gasteiger partial charge is 0.495 e. The normalized spacial score (nSPS) is 17.4. The van der Waals surface area contributed by atoms with E-state index in [0.717, 1.165) is 74.4 Å². The summed E-state index contributed by atoms with van der Waals surface area (Å²) in [7, 11) is 1.65. The first kappa shape index (κ1) is 22.1. The second kappa shape index (κ2) is 9.65. The van der Waals surface area contributed by atoms with Crippen LogP contribution >= 0.6 is 11.6 Å². The fourth-order valence-corrected chi connectivity index (χ4v) is 5.24. The Hall–Kier alpha value is -2.70. The second-order valence-corrected chi connectivity index (χ2v) is 9.25. The van der Waals surface area contributed by atoms with E-state index < -0.39 is 0 Å². The number of methoxy groups -OCH3 is 1. The maximum Gasteiger partial charge on any atom is 0.333 e. The number of aromatic nitrogens is 2. The molecule has 33 heavy (non-hydrogen) atoms. The number of rotatable bonds is 6. The maximum absolute atomic E-state index is 13.4. The molecule has 0 saturated carbocycles. The molecule has 1 aliphatic heterocycles. The van der Waals surface area contributed by atoms with Gasteiger partial charge in [-0.05, 0) is 49.9 Å². The van der Waals surface area contributed by atoms with Crippen LogP contribution in [0.1, 0.15) is 25.7 Å². The van der Waals surface area contributed by atoms with Gasteiger partial charge in [-0.3, -0.25) is 14.0 Å². The van der Waals surface area contributed by atoms with Crippen LogP contribution in [0.25, 0.3) is 16.7 Å². The lowest BCUT2D eigenvalue weighted by molar-refractivity contribution is 0.248. The van der Waals surface area contributed by atoms with Crippen molar-refractivity contribution in [2.24, 2.45) is 0 Å². The van der Waals surface area contributed by atoms with E-state index in [1.807, 2.05) is 33.4 Å². The van der Waals surface area contributed by atoms with Crippen molar-refractivity contribution in [1.29, 1.82) is 0 Å². The second-order valence-electron chi connectivity index (χ2n) is 8.85. The Morgan fingerprint density at radius 2 is 1.76 bits per heavy atom. The summed E-state index contributed by atoms with van der Waals surface area (Å²) in [5.74, 6) is 0.709. The van der Waals surface area contributed by atoms with E-state index in [2.05, 4.69) is 34.1 Å². The van der Waals surface area contributed by atoms with Crippen LogP contribution in [0.15, 0.2) is 53.3 Å². The first-order chi connectivity index (χ1) is 16.2. The van der Waals surface area contributed by atoms with Crippen molar-refractivity contribution in [3.05, 3.63) is 64.0 Å². The highest BCUT2D eigenvalue weighted by Crippen LogP contribution is 2.30. The van der Waals surface area contributed by atoms with Crippen molar-refractivity contribution in [3.8, 4) is 5.75 Å². The molecule has 6 nitrogen and oxygen atoms in total. The zero-order valence-corrected chi connectivity index (χ0v) is 19.9. The predicted octanol–water partition coefficient (Wildman–Crippen LogP) is 4.70. The van der Waals surface area contributed by atoms with Gasteiger partial charge in [-0.25, -0.2) is 4.79 Å². The molecular weight excluding hydrogens is 436 g/mol. The van der Waals surface area contributed by atoms with E-state index >= 15 is 0 Å². The van der Waals surface area contributed by atoms with Crippen LogP contribution in [-0.4, -0.2) is 53.9 Å². The quantitative estimate of drug-likeness (QED) is 0.528. The monoisotopic (exact) mass is 466 g/mol. The van der Waals surface area contributed by atoms with Gasteiger partial charge >= 0.3 is 5.69 Å². The fraction of sp³-hybridized carbons (Fsp3) is 0.423. The van der Waals surface area contributed by atoms with Gasteiger partial charge in [0.1, 0.15) is 5.75 Å². The van der Waals surface area contributed by atoms with Crippen LogP contribution < -0.4 is 15.3 Å². The zero-order chi connectivity index (χ0) is 22.8. The number of fused-ring (bicyclic) bond motifs is 1. The number of hydrogen-bond donors (Lipinski definition) is 0. The number of hydrogen-bond acceptors (Lipinski definition) is 4. The number of ether oxygens (including phenoxy) is 1. The Labute approximate surface area is 199 Å². The third-order valence-electron chi connectivity index (χ3n) is 6.90. The molecular formula is C26H31ClN4O2. The van der Waals surface area contributed by atoms with Gasteiger partial charge in [-0.2, -0.15) is 0 Å². The van der Waals surface area contributed by atoms with Gasteiger partial charge in [0.15, 0.2) is 0 Å². The molecule has 0 spiro atoms. The molecule has 0 unspecified atom stereocenters. The van der Waals surface area contributed by atoms with E-state index in [-0.39, 0.29) is 5.69 Å². The van der Waals surface area contributed by atoms with Crippen molar-refractivity contribution >= 4 is 34.0 Å². The van der Waals surface area contributed by atoms with Crippen molar-refractivity contribution in [1.82, 2.24) is 14.0 Å². The van der Waals surface area contributed by atoms with Gasteiger partial charge in [-0.1, -0.05) is 29.8 Å². The summed E-state index contributed by atoms with van der Waals surface area (Å²) >= 11 is 6.18. The molecule has 2 heterocycles. The number of halogens is 1. The number of nitrogens with zero attached hydrogens (tertiary/aromatic N) is 4. The van der Waals surface area contributed by atoms with Crippen molar-refractivity contribution < 1.29 is 4.74 Å². The van der Waals surface area contributed by atoms with Gasteiger partial charge in [-0.15, -0.1) is 0 Å². The average molecular weight is 467 g/mol. The molecule has 5 rings (SSSR count). The van der Waals surface area contributed by atoms with Crippen molar-refractivity contribution in [2.45, 2.75) is 32.2 Å². The summed E-state index contributed by atoms with van der Waals surface area (Å²) in [6.07, 6.45) is 6.65. The number of piperazine rings is 1. The maximum atomic E-state index is 13.4. The topological polar surface area (TPSA) is 42.6 Å². The Balaban J connectivity index is 1.28. The van der Waals surface area contributed by atoms with Crippen LogP contribution in [0.2, 0.25) is 5.02 Å². The number of imidazole rings is 1. The lowest BCUT2D eigenvalue weighted by Crippen LogP contribution is -2.47. The van der Waals surface area contributed by atoms with Crippen LogP contribution in [0.3, 0.4) is 0 Å². The lowest BCUT2D eigenvalue weighted by atomic mass is 10.0. The van der Waals surface area contributed by atoms with Crippen molar-refractivity contribution in [2.75, 3.05) is 44.7 Å². The van der Waals surface area contributed by atoms with E-state index in [1.54, 1.807) is 7.11 Å². The molecule has 0 N–H and O–H groups in total. The Kier molecular flexibility index (Phi) is 6.47. The minimum Gasteiger partial charge on any atom is -0.495 e. The first-order valence-corrected chi connectivity index (χ1v) is 12.2. The van der Waals surface area contributed by atoms with E-state index in [4.69, 9.17) is 16.3 Å². The Morgan fingerprint density at radius 1 is 0.970 bits per heavy atom. The smallest absolute Gasteiger partial charge is 0.333 e. The van der Waals surface area contributed by atoms with Gasteiger partial charge in [0.05, 0.1) is 23.2 Å². The number of para-hydroxylation sites is 2. The number of benzene rings is 2. The first-order valence-electron chi connectivity index (χ1n) is 11.9. The van der Waals surface area contributed by atoms with E-state index in [1.165, 1.54) is 6.42 Å². The standard InChI is InChI=1S/C26H31ClN4O2/c1-33-25-19-21(11-12-22(25)27)29-16-13-28(14-17-29)15-18-30-23-9-5-6-10-24(23)31(26(30)32)20-7-3-2-4-8-20/h5-7,9-12,19H,2-4,8,13-18H2,1H3. The van der Waals surface area contributed by atoms with E-state index in [9.17, 15) is 4.79 Å². The van der Waals surface area contributed by atoms with Crippen LogP contribution in [0.5, 0.6) is 5.75 Å². The fourth-order valence-electron chi connectivity index (χ4n) is 5.04. The molecule has 2 aliphatic rings. The summed E-state index contributed by atoms with van der Waals surface area (Å²) in [5, 5.41) is 0.633. The Bertz CT molecular complexity index is 1220. The molecule has 1 aliphatic carbocycles. The lowest BCUT2D eigenvalue weighted by Gasteiger charge is -2.36. The summed E-state index contributed by atoms with van der Waals surface area (Å²) in [4.78, 5) is 18.2. The predicted molar refractivity (Wildman–Crippen MR) is 136 cm³/mol. The molecule has 0 bridgehead atoms. The van der Waals surface area contributed by atoms with Crippen molar-refractivity contribution in [3.63, 3.8) is 0 Å². The van der Waals surface area contributed by atoms with Gasteiger partial charge in [0.25, 0.3) is 0 Å². The van der Waals surface area contributed by atoms with Gasteiger partial charge in [0, 0.05) is 56.7 Å². The highest BCUT2D eigenvalue weighted by Gasteiger charge is 2.20. The third-order valence-corrected chi connectivity index (χ3v) is 7.21. The molecule has 0 radical (unpaired) electrons. The number of allylic oxidation sites excluding steroid dienone is 2. The molecule has 3 aromatic rings. The highest BCUT2D eigenvalue weighted by atomic mass is 35.5. The summed E-state index contributed by atoms with van der Waals surface area (Å²) in [6.45, 7) is 5.37. The molecule has 1 saturated heterocycles. The molecule has 0 amide bonds. The average Bonchev–Trinajstić information content (AvgIpc) is 3.15. The van der Waals surface area contributed by atoms with Gasteiger partial charge < -0.3 is 9.64 Å². The zero-order valence-electron chi connectivity index (χ0n) is 19.2. The minimum atomic E-state index is 0.0937. The van der Waals surface area contributed by atoms with Gasteiger partial charge in [0.2, 0.25) is 0 Å². The van der Waals surface area contributed by atoms with E-state index in [0.29, 0.717) is 17.3 Å². The van der Waals surface area contributed by atoms with Crippen LogP contribution in [-0.2, 0) is 6.54 Å². The summed E-state index contributed by atoms with van der Waals surface area (Å²) in [5.41, 5.74) is 4.44. The molecule has 1 fully saturated rings. The molecule has 0 atom stereocenters. The third kappa shape index (κ3) is 4.42. The SMILES string of the molecule is COc1cc(N2CCN(CCn3c(=O)n(C4=CCCCC4)c4ccccc43)CC2)ccc1Cl. The molecule has 174 valence electrons. The summed E-state index contributed by atoms with van der Waals surface area (Å²) in [6, 6.07) is 14.1. The van der Waals surface area contributed by atoms with Crippen LogP contribution in [0, 0.1) is 0 Å². The highest BCUT2D eigenvalue weighted by molar-refractivity contribution is 6.32. The van der Waals surface area contributed by atoms with Crippen LogP contribution in [0.4, 0.5) is 5.69 Å². The summed E-state index contributed by atoms with van der Waals surface area (Å²) < 4.78 is 9.27. The number of anilines is 1.